The Morgan fingerprint density at radius 1 is 0.844 bits per heavy atom. The lowest BCUT2D eigenvalue weighted by molar-refractivity contribution is 0.0941. The second-order valence-electron chi connectivity index (χ2n) is 6.95. The van der Waals surface area contributed by atoms with Gasteiger partial charge >= 0.3 is 0 Å². The van der Waals surface area contributed by atoms with Crippen molar-refractivity contribution in [3.05, 3.63) is 118 Å². The molecular formula is C25H19ClN4O2. The monoisotopic (exact) mass is 442 g/mol. The minimum atomic E-state index is -0.611. The number of aromatic nitrogens is 2. The molecule has 1 amide bonds. The second kappa shape index (κ2) is 9.32. The summed E-state index contributed by atoms with van der Waals surface area (Å²) in [5, 5.41) is 7.30. The van der Waals surface area contributed by atoms with Gasteiger partial charge in [0.25, 0.3) is 11.5 Å². The van der Waals surface area contributed by atoms with Gasteiger partial charge in [0.1, 0.15) is 5.56 Å². The number of carbonyl (C=O) groups excluding carboxylic acids is 1. The number of aromatic amines is 1. The minimum Gasteiger partial charge on any atom is -0.298 e. The van der Waals surface area contributed by atoms with Crippen LogP contribution in [-0.2, 0) is 0 Å². The SMILES string of the molecule is C=C(NNC(=O)c1c(-c2ccccc2)c(-c2ccccc2)n[nH]c1=O)c1ccc(Cl)cc1. The molecule has 32 heavy (non-hydrogen) atoms. The predicted octanol–water partition coefficient (Wildman–Crippen LogP) is 4.66. The highest BCUT2D eigenvalue weighted by atomic mass is 35.5. The maximum atomic E-state index is 13.1. The molecule has 0 radical (unpaired) electrons. The Morgan fingerprint density at radius 2 is 1.44 bits per heavy atom. The van der Waals surface area contributed by atoms with Crippen LogP contribution in [0.1, 0.15) is 15.9 Å². The van der Waals surface area contributed by atoms with Gasteiger partial charge in [-0.25, -0.2) is 5.10 Å². The molecule has 1 heterocycles. The van der Waals surface area contributed by atoms with Crippen LogP contribution >= 0.6 is 11.6 Å². The van der Waals surface area contributed by atoms with Gasteiger partial charge in [-0.1, -0.05) is 91.0 Å². The highest BCUT2D eigenvalue weighted by molar-refractivity contribution is 6.30. The largest absolute Gasteiger partial charge is 0.298 e. The van der Waals surface area contributed by atoms with E-state index >= 15 is 0 Å². The lowest BCUT2D eigenvalue weighted by atomic mass is 9.95. The summed E-state index contributed by atoms with van der Waals surface area (Å²) >= 11 is 5.92. The van der Waals surface area contributed by atoms with Gasteiger partial charge in [-0.15, -0.1) is 0 Å². The van der Waals surface area contributed by atoms with E-state index in [1.165, 1.54) is 0 Å². The first-order valence-corrected chi connectivity index (χ1v) is 10.2. The van der Waals surface area contributed by atoms with Gasteiger partial charge in [-0.3, -0.25) is 20.4 Å². The number of hydrogen-bond donors (Lipinski definition) is 3. The number of nitrogens with one attached hydrogen (secondary N) is 3. The molecule has 158 valence electrons. The van der Waals surface area contributed by atoms with E-state index < -0.39 is 11.5 Å². The highest BCUT2D eigenvalue weighted by Gasteiger charge is 2.23. The third-order valence-electron chi connectivity index (χ3n) is 4.84. The number of nitrogens with zero attached hydrogens (tertiary/aromatic N) is 1. The van der Waals surface area contributed by atoms with Gasteiger partial charge in [0, 0.05) is 16.1 Å². The van der Waals surface area contributed by atoms with Crippen LogP contribution in [-0.4, -0.2) is 16.1 Å². The molecule has 0 spiro atoms. The summed E-state index contributed by atoms with van der Waals surface area (Å²) in [7, 11) is 0. The van der Waals surface area contributed by atoms with Crippen molar-refractivity contribution in [3.8, 4) is 22.4 Å². The van der Waals surface area contributed by atoms with E-state index in [0.29, 0.717) is 27.5 Å². The molecule has 7 heteroatoms. The zero-order valence-electron chi connectivity index (χ0n) is 16.9. The average Bonchev–Trinajstić information content (AvgIpc) is 2.83. The Bertz CT molecular complexity index is 1320. The van der Waals surface area contributed by atoms with Gasteiger partial charge in [0.2, 0.25) is 0 Å². The van der Waals surface area contributed by atoms with Crippen molar-refractivity contribution in [1.82, 2.24) is 21.0 Å². The molecule has 0 fully saturated rings. The predicted molar refractivity (Wildman–Crippen MR) is 127 cm³/mol. The van der Waals surface area contributed by atoms with Crippen LogP contribution in [0.4, 0.5) is 0 Å². The van der Waals surface area contributed by atoms with Crippen LogP contribution in [0, 0.1) is 0 Å². The molecule has 0 saturated carbocycles. The Balaban J connectivity index is 1.73. The Kier molecular flexibility index (Phi) is 6.14. The fourth-order valence-electron chi connectivity index (χ4n) is 3.28. The molecule has 4 rings (SSSR count). The lowest BCUT2D eigenvalue weighted by Gasteiger charge is -2.15. The summed E-state index contributed by atoms with van der Waals surface area (Å²) < 4.78 is 0. The van der Waals surface area contributed by atoms with E-state index in [1.807, 2.05) is 60.7 Å². The maximum Gasteiger partial charge on any atom is 0.277 e. The third kappa shape index (κ3) is 4.45. The number of rotatable bonds is 6. The van der Waals surface area contributed by atoms with Crippen molar-refractivity contribution in [1.29, 1.82) is 0 Å². The van der Waals surface area contributed by atoms with Gasteiger partial charge in [0.15, 0.2) is 0 Å². The molecule has 0 unspecified atom stereocenters. The summed E-state index contributed by atoms with van der Waals surface area (Å²) in [6, 6.07) is 25.6. The molecule has 6 nitrogen and oxygen atoms in total. The van der Waals surface area contributed by atoms with Crippen molar-refractivity contribution in [2.45, 2.75) is 0 Å². The molecule has 0 bridgehead atoms. The summed E-state index contributed by atoms with van der Waals surface area (Å²) in [5.41, 5.74) is 8.30. The molecule has 3 N–H and O–H groups in total. The van der Waals surface area contributed by atoms with Crippen LogP contribution < -0.4 is 16.4 Å². The zero-order chi connectivity index (χ0) is 22.5. The number of halogens is 1. The first-order valence-electron chi connectivity index (χ1n) is 9.79. The number of benzene rings is 3. The third-order valence-corrected chi connectivity index (χ3v) is 5.09. The normalized spacial score (nSPS) is 10.4. The Labute approximate surface area is 189 Å². The van der Waals surface area contributed by atoms with Crippen molar-refractivity contribution in [2.24, 2.45) is 0 Å². The molecular weight excluding hydrogens is 424 g/mol. The number of hydrazine groups is 1. The molecule has 0 aliphatic rings. The molecule has 4 aromatic rings. The number of hydrogen-bond acceptors (Lipinski definition) is 4. The quantitative estimate of drug-likeness (QED) is 0.379. The van der Waals surface area contributed by atoms with Gasteiger partial charge in [0.05, 0.1) is 11.4 Å². The second-order valence-corrected chi connectivity index (χ2v) is 7.38. The summed E-state index contributed by atoms with van der Waals surface area (Å²) in [6.07, 6.45) is 0. The van der Waals surface area contributed by atoms with E-state index in [9.17, 15) is 9.59 Å². The summed E-state index contributed by atoms with van der Waals surface area (Å²) in [4.78, 5) is 25.9. The molecule has 3 aromatic carbocycles. The van der Waals surface area contributed by atoms with E-state index in [-0.39, 0.29) is 5.56 Å². The Morgan fingerprint density at radius 3 is 2.06 bits per heavy atom. The lowest BCUT2D eigenvalue weighted by Crippen LogP contribution is -2.39. The van der Waals surface area contributed by atoms with Crippen molar-refractivity contribution < 1.29 is 4.79 Å². The van der Waals surface area contributed by atoms with Crippen LogP contribution in [0.3, 0.4) is 0 Å². The Hall–Kier alpha value is -4.16. The first kappa shape index (κ1) is 21.1. The molecule has 0 aliphatic heterocycles. The van der Waals surface area contributed by atoms with Crippen LogP contribution in [0.2, 0.25) is 5.02 Å². The minimum absolute atomic E-state index is 0.0542. The molecule has 1 aromatic heterocycles. The zero-order valence-corrected chi connectivity index (χ0v) is 17.7. The van der Waals surface area contributed by atoms with Crippen LogP contribution in [0.5, 0.6) is 0 Å². The van der Waals surface area contributed by atoms with E-state index in [0.717, 1.165) is 11.1 Å². The standard InChI is InChI=1S/C25H19ClN4O2/c1-16(17-12-14-20(26)15-13-17)27-29-24(31)22-21(18-8-4-2-5-9-18)23(28-30-25(22)32)19-10-6-3-7-11-19/h2-15,27H,1H2,(H,29,31)(H,30,32). The molecule has 0 aliphatic carbocycles. The van der Waals surface area contributed by atoms with Gasteiger partial charge in [-0.2, -0.15) is 5.10 Å². The highest BCUT2D eigenvalue weighted by Crippen LogP contribution is 2.31. The maximum absolute atomic E-state index is 13.1. The number of H-pyrrole nitrogens is 1. The first-order chi connectivity index (χ1) is 15.5. The average molecular weight is 443 g/mol. The fraction of sp³-hybridized carbons (Fsp3) is 0. The van der Waals surface area contributed by atoms with E-state index in [4.69, 9.17) is 11.6 Å². The number of carbonyl (C=O) groups is 1. The summed E-state index contributed by atoms with van der Waals surface area (Å²) in [5.74, 6) is -0.611. The molecule has 0 atom stereocenters. The topological polar surface area (TPSA) is 86.9 Å². The number of amides is 1. The van der Waals surface area contributed by atoms with Crippen molar-refractivity contribution in [2.75, 3.05) is 0 Å². The van der Waals surface area contributed by atoms with E-state index in [1.54, 1.807) is 24.3 Å². The van der Waals surface area contributed by atoms with Crippen LogP contribution in [0.25, 0.3) is 28.1 Å². The van der Waals surface area contributed by atoms with Gasteiger partial charge in [-0.05, 0) is 23.3 Å². The van der Waals surface area contributed by atoms with Gasteiger partial charge < -0.3 is 0 Å². The smallest absolute Gasteiger partial charge is 0.277 e. The van der Waals surface area contributed by atoms with Crippen molar-refractivity contribution in [3.63, 3.8) is 0 Å². The van der Waals surface area contributed by atoms with Crippen LogP contribution in [0.15, 0.2) is 96.3 Å². The fourth-order valence-corrected chi connectivity index (χ4v) is 3.40. The van der Waals surface area contributed by atoms with Crippen molar-refractivity contribution >= 4 is 23.2 Å². The van der Waals surface area contributed by atoms with E-state index in [2.05, 4.69) is 27.6 Å². The summed E-state index contributed by atoms with van der Waals surface area (Å²) in [6.45, 7) is 3.92. The molecule has 0 saturated heterocycles.